The number of hydrogen-bond donors (Lipinski definition) is 2. The van der Waals surface area contributed by atoms with Gasteiger partial charge in [-0.2, -0.15) is 0 Å². The van der Waals surface area contributed by atoms with Gasteiger partial charge in [-0.15, -0.1) is 0 Å². The standard InChI is InChI=1S/C15H23NO4/c1-2-13-4-6-14(7-5-13)20-12-15(18)16-8-3-10-19-11-9-17/h4-7,17H,2-3,8-12H2,1H3,(H,16,18). The minimum atomic E-state index is -0.147. The van der Waals surface area contributed by atoms with Gasteiger partial charge in [-0.1, -0.05) is 19.1 Å². The third-order valence-corrected chi connectivity index (χ3v) is 2.72. The summed E-state index contributed by atoms with van der Waals surface area (Å²) in [6.45, 7) is 3.54. The van der Waals surface area contributed by atoms with Gasteiger partial charge in [0.15, 0.2) is 6.61 Å². The van der Waals surface area contributed by atoms with Crippen LogP contribution in [0.1, 0.15) is 18.9 Å². The lowest BCUT2D eigenvalue weighted by atomic mass is 10.2. The van der Waals surface area contributed by atoms with Crippen LogP contribution >= 0.6 is 0 Å². The van der Waals surface area contributed by atoms with E-state index >= 15 is 0 Å². The van der Waals surface area contributed by atoms with Crippen molar-refractivity contribution in [3.05, 3.63) is 29.8 Å². The Morgan fingerprint density at radius 1 is 1.25 bits per heavy atom. The molecule has 0 aliphatic heterocycles. The van der Waals surface area contributed by atoms with E-state index in [9.17, 15) is 4.79 Å². The van der Waals surface area contributed by atoms with Crippen LogP contribution in [-0.4, -0.2) is 44.0 Å². The van der Waals surface area contributed by atoms with Crippen LogP contribution in [-0.2, 0) is 16.0 Å². The molecule has 0 spiro atoms. The van der Waals surface area contributed by atoms with E-state index in [4.69, 9.17) is 14.6 Å². The highest BCUT2D eigenvalue weighted by atomic mass is 16.5. The Morgan fingerprint density at radius 2 is 2.00 bits per heavy atom. The molecule has 1 rings (SSSR count). The number of rotatable bonds is 10. The molecule has 0 heterocycles. The minimum Gasteiger partial charge on any atom is -0.484 e. The lowest BCUT2D eigenvalue weighted by Gasteiger charge is -2.08. The summed E-state index contributed by atoms with van der Waals surface area (Å²) in [6.07, 6.45) is 1.70. The van der Waals surface area contributed by atoms with E-state index in [0.29, 0.717) is 25.5 Å². The number of aliphatic hydroxyl groups is 1. The molecule has 0 unspecified atom stereocenters. The summed E-state index contributed by atoms with van der Waals surface area (Å²) >= 11 is 0. The summed E-state index contributed by atoms with van der Waals surface area (Å²) in [4.78, 5) is 11.5. The van der Waals surface area contributed by atoms with Crippen molar-refractivity contribution in [3.63, 3.8) is 0 Å². The van der Waals surface area contributed by atoms with Crippen molar-refractivity contribution in [3.8, 4) is 5.75 Å². The van der Waals surface area contributed by atoms with Gasteiger partial charge in [0, 0.05) is 13.2 Å². The van der Waals surface area contributed by atoms with Gasteiger partial charge in [0.05, 0.1) is 13.2 Å². The molecule has 0 aliphatic carbocycles. The van der Waals surface area contributed by atoms with E-state index in [0.717, 1.165) is 12.8 Å². The second-order valence-electron chi connectivity index (χ2n) is 4.33. The average Bonchev–Trinajstić information content (AvgIpc) is 2.49. The molecule has 1 aromatic carbocycles. The van der Waals surface area contributed by atoms with Crippen molar-refractivity contribution in [2.45, 2.75) is 19.8 Å². The molecule has 0 radical (unpaired) electrons. The molecule has 0 aromatic heterocycles. The summed E-state index contributed by atoms with van der Waals surface area (Å²) in [6, 6.07) is 7.72. The Bertz CT molecular complexity index is 378. The maximum absolute atomic E-state index is 11.5. The zero-order valence-corrected chi connectivity index (χ0v) is 11.9. The van der Waals surface area contributed by atoms with E-state index in [1.807, 2.05) is 24.3 Å². The Hall–Kier alpha value is -1.59. The highest BCUT2D eigenvalue weighted by molar-refractivity contribution is 5.77. The van der Waals surface area contributed by atoms with Gasteiger partial charge < -0.3 is 19.9 Å². The molecule has 0 bridgehead atoms. The second kappa shape index (κ2) is 10.2. The van der Waals surface area contributed by atoms with E-state index in [2.05, 4.69) is 12.2 Å². The van der Waals surface area contributed by atoms with Gasteiger partial charge in [0.2, 0.25) is 0 Å². The molecule has 1 aromatic rings. The number of hydrogen-bond acceptors (Lipinski definition) is 4. The number of amides is 1. The third kappa shape index (κ3) is 7.11. The predicted octanol–water partition coefficient (Wildman–Crippen LogP) is 1.14. The molecule has 0 atom stereocenters. The van der Waals surface area contributed by atoms with Crippen molar-refractivity contribution >= 4 is 5.91 Å². The Balaban J connectivity index is 2.10. The van der Waals surface area contributed by atoms with Crippen LogP contribution in [0.3, 0.4) is 0 Å². The van der Waals surface area contributed by atoms with E-state index in [1.54, 1.807) is 0 Å². The Kier molecular flexibility index (Phi) is 8.42. The van der Waals surface area contributed by atoms with E-state index in [-0.39, 0.29) is 19.1 Å². The Morgan fingerprint density at radius 3 is 2.65 bits per heavy atom. The van der Waals surface area contributed by atoms with Gasteiger partial charge in [0.25, 0.3) is 5.91 Å². The van der Waals surface area contributed by atoms with Crippen LogP contribution in [0, 0.1) is 0 Å². The first kappa shape index (κ1) is 16.5. The summed E-state index contributed by atoms with van der Waals surface area (Å²) < 4.78 is 10.5. The highest BCUT2D eigenvalue weighted by Gasteiger charge is 2.02. The quantitative estimate of drug-likeness (QED) is 0.631. The lowest BCUT2D eigenvalue weighted by molar-refractivity contribution is -0.123. The lowest BCUT2D eigenvalue weighted by Crippen LogP contribution is -2.30. The molecule has 5 heteroatoms. The monoisotopic (exact) mass is 281 g/mol. The number of ether oxygens (including phenoxy) is 2. The molecule has 0 saturated heterocycles. The van der Waals surface area contributed by atoms with Crippen LogP contribution in [0.4, 0.5) is 0 Å². The molecule has 1 amide bonds. The second-order valence-corrected chi connectivity index (χ2v) is 4.33. The van der Waals surface area contributed by atoms with E-state index < -0.39 is 0 Å². The van der Waals surface area contributed by atoms with Gasteiger partial charge in [0.1, 0.15) is 5.75 Å². The number of aliphatic hydroxyl groups excluding tert-OH is 1. The summed E-state index contributed by atoms with van der Waals surface area (Å²) in [5.41, 5.74) is 1.24. The molecule has 0 saturated carbocycles. The van der Waals surface area contributed by atoms with Crippen molar-refractivity contribution < 1.29 is 19.4 Å². The van der Waals surface area contributed by atoms with E-state index in [1.165, 1.54) is 5.56 Å². The zero-order valence-electron chi connectivity index (χ0n) is 11.9. The van der Waals surface area contributed by atoms with Crippen molar-refractivity contribution in [1.29, 1.82) is 0 Å². The maximum atomic E-state index is 11.5. The van der Waals surface area contributed by atoms with Crippen LogP contribution in [0.25, 0.3) is 0 Å². The molecule has 20 heavy (non-hydrogen) atoms. The Labute approximate surface area is 119 Å². The van der Waals surface area contributed by atoms with Crippen LogP contribution in [0.15, 0.2) is 24.3 Å². The first-order valence-corrected chi connectivity index (χ1v) is 6.93. The molecule has 2 N–H and O–H groups in total. The molecule has 0 aliphatic rings. The van der Waals surface area contributed by atoms with Gasteiger partial charge in [-0.3, -0.25) is 4.79 Å². The van der Waals surface area contributed by atoms with Crippen LogP contribution in [0.2, 0.25) is 0 Å². The summed E-state index contributed by atoms with van der Waals surface area (Å²) in [5, 5.41) is 11.3. The number of benzene rings is 1. The van der Waals surface area contributed by atoms with Crippen LogP contribution in [0.5, 0.6) is 5.75 Å². The highest BCUT2D eigenvalue weighted by Crippen LogP contribution is 2.12. The number of carbonyl (C=O) groups is 1. The minimum absolute atomic E-state index is 0.0168. The SMILES string of the molecule is CCc1ccc(OCC(=O)NCCCOCCO)cc1. The van der Waals surface area contributed by atoms with Crippen molar-refractivity contribution in [2.75, 3.05) is 33.0 Å². The van der Waals surface area contributed by atoms with Crippen molar-refractivity contribution in [2.24, 2.45) is 0 Å². The number of aryl methyl sites for hydroxylation is 1. The van der Waals surface area contributed by atoms with Gasteiger partial charge >= 0.3 is 0 Å². The van der Waals surface area contributed by atoms with Crippen molar-refractivity contribution in [1.82, 2.24) is 5.32 Å². The zero-order chi connectivity index (χ0) is 14.6. The largest absolute Gasteiger partial charge is 0.484 e. The first-order chi connectivity index (χ1) is 9.76. The predicted molar refractivity (Wildman–Crippen MR) is 76.8 cm³/mol. The summed E-state index contributed by atoms with van der Waals surface area (Å²) in [5.74, 6) is 0.551. The fourth-order valence-corrected chi connectivity index (χ4v) is 1.59. The molecular formula is C15H23NO4. The van der Waals surface area contributed by atoms with Gasteiger partial charge in [-0.05, 0) is 30.5 Å². The fourth-order valence-electron chi connectivity index (χ4n) is 1.59. The smallest absolute Gasteiger partial charge is 0.257 e. The van der Waals surface area contributed by atoms with Crippen LogP contribution < -0.4 is 10.1 Å². The maximum Gasteiger partial charge on any atom is 0.257 e. The molecule has 5 nitrogen and oxygen atoms in total. The topological polar surface area (TPSA) is 67.8 Å². The molecular weight excluding hydrogens is 258 g/mol. The van der Waals surface area contributed by atoms with Gasteiger partial charge in [-0.25, -0.2) is 0 Å². The molecule has 0 fully saturated rings. The fraction of sp³-hybridized carbons (Fsp3) is 0.533. The third-order valence-electron chi connectivity index (χ3n) is 2.72. The average molecular weight is 281 g/mol. The molecule has 112 valence electrons. The summed E-state index contributed by atoms with van der Waals surface area (Å²) in [7, 11) is 0. The normalized spacial score (nSPS) is 10.3. The number of nitrogens with one attached hydrogen (secondary N) is 1. The number of carbonyl (C=O) groups excluding carboxylic acids is 1. The first-order valence-electron chi connectivity index (χ1n) is 6.93.